The van der Waals surface area contributed by atoms with Crippen LogP contribution in [-0.4, -0.2) is 11.7 Å². The average molecular weight is 220 g/mol. The monoisotopic (exact) mass is 220 g/mol. The third-order valence-corrected chi connectivity index (χ3v) is 6.83. The molecule has 0 aliphatic heterocycles. The van der Waals surface area contributed by atoms with Gasteiger partial charge in [0.15, 0.2) is 0 Å². The first-order chi connectivity index (χ1) is 7.47. The zero-order chi connectivity index (χ0) is 11.6. The molecule has 4 atom stereocenters. The van der Waals surface area contributed by atoms with Gasteiger partial charge >= 0.3 is 0 Å². The minimum Gasteiger partial charge on any atom is -0.392 e. The molecule has 3 aliphatic carbocycles. The lowest BCUT2D eigenvalue weighted by atomic mass is 9.59. The Morgan fingerprint density at radius 1 is 1.31 bits per heavy atom. The van der Waals surface area contributed by atoms with E-state index in [9.17, 15) is 5.11 Å². The fourth-order valence-electron chi connectivity index (χ4n) is 5.34. The number of aliphatic hydroxyl groups is 1. The van der Waals surface area contributed by atoms with Crippen LogP contribution in [0.1, 0.15) is 52.9 Å². The number of hydrogen-bond donors (Lipinski definition) is 1. The molecule has 1 N–H and O–H groups in total. The lowest BCUT2D eigenvalue weighted by Crippen LogP contribution is -2.38. The minimum absolute atomic E-state index is 0.284. The molecule has 0 spiro atoms. The van der Waals surface area contributed by atoms with E-state index in [1.54, 1.807) is 0 Å². The normalized spacial score (nSPS) is 55.0. The summed E-state index contributed by atoms with van der Waals surface area (Å²) in [5.74, 6) is 0.656. The Bertz CT molecular complexity index is 358. The molecule has 0 saturated heterocycles. The summed E-state index contributed by atoms with van der Waals surface area (Å²) in [6.07, 6.45) is 8.99. The molecule has 1 heteroatoms. The Labute approximate surface area is 98.9 Å². The highest BCUT2D eigenvalue weighted by Gasteiger charge is 2.67. The van der Waals surface area contributed by atoms with Crippen LogP contribution in [0.4, 0.5) is 0 Å². The van der Waals surface area contributed by atoms with Crippen molar-refractivity contribution in [3.63, 3.8) is 0 Å². The maximum absolute atomic E-state index is 9.55. The zero-order valence-electron chi connectivity index (χ0n) is 10.8. The highest BCUT2D eigenvalue weighted by atomic mass is 16.3. The van der Waals surface area contributed by atoms with Crippen LogP contribution in [-0.2, 0) is 0 Å². The van der Waals surface area contributed by atoms with Crippen LogP contribution in [0.3, 0.4) is 0 Å². The molecule has 0 unspecified atom stereocenters. The van der Waals surface area contributed by atoms with E-state index in [4.69, 9.17) is 0 Å². The summed E-state index contributed by atoms with van der Waals surface area (Å²) in [6.45, 7) is 7.78. The molecule has 3 rings (SSSR count). The Morgan fingerprint density at radius 3 is 2.75 bits per heavy atom. The van der Waals surface area contributed by atoms with E-state index >= 15 is 0 Å². The van der Waals surface area contributed by atoms with Gasteiger partial charge in [0.05, 0.1) is 6.61 Å². The molecule has 2 bridgehead atoms. The van der Waals surface area contributed by atoms with E-state index in [0.717, 1.165) is 0 Å². The van der Waals surface area contributed by atoms with Gasteiger partial charge in [-0.1, -0.05) is 33.3 Å². The van der Waals surface area contributed by atoms with Gasteiger partial charge in [-0.15, -0.1) is 0 Å². The molecule has 2 saturated carbocycles. The standard InChI is InChI=1S/C15H24O/c1-13-8-5-11(10-16)12(9-13)14(2)6-4-7-15(13,14)3/h5,12,16H,4,6-10H2,1-3H3/t12-,13-,14-,15+/m0/s1. The number of allylic oxidation sites excluding steroid dienone is 1. The molecule has 0 aromatic heterocycles. The molecular formula is C15H24O. The maximum Gasteiger partial charge on any atom is 0.0644 e. The number of fused-ring (bicyclic) bond motifs is 5. The Balaban J connectivity index is 2.13. The molecule has 3 aliphatic rings. The molecule has 0 aromatic rings. The molecule has 0 heterocycles. The minimum atomic E-state index is 0.284. The Kier molecular flexibility index (Phi) is 1.98. The van der Waals surface area contributed by atoms with E-state index in [0.29, 0.717) is 22.2 Å². The van der Waals surface area contributed by atoms with E-state index in [1.165, 1.54) is 37.7 Å². The topological polar surface area (TPSA) is 20.2 Å². The lowest BCUT2D eigenvalue weighted by molar-refractivity contribution is 0.0350. The molecule has 0 radical (unpaired) electrons. The second-order valence-corrected chi connectivity index (χ2v) is 7.06. The zero-order valence-corrected chi connectivity index (χ0v) is 10.8. The van der Waals surface area contributed by atoms with E-state index in [-0.39, 0.29) is 6.61 Å². The summed E-state index contributed by atoms with van der Waals surface area (Å²) in [6, 6.07) is 0. The molecule has 2 fully saturated rings. The largest absolute Gasteiger partial charge is 0.392 e. The van der Waals surface area contributed by atoms with E-state index in [2.05, 4.69) is 26.8 Å². The van der Waals surface area contributed by atoms with Gasteiger partial charge < -0.3 is 5.11 Å². The van der Waals surface area contributed by atoms with Crippen molar-refractivity contribution in [3.8, 4) is 0 Å². The third kappa shape index (κ3) is 0.932. The Morgan fingerprint density at radius 2 is 2.06 bits per heavy atom. The van der Waals surface area contributed by atoms with Gasteiger partial charge in [0.25, 0.3) is 0 Å². The Hall–Kier alpha value is -0.300. The van der Waals surface area contributed by atoms with Crippen molar-refractivity contribution >= 4 is 0 Å². The molecular weight excluding hydrogens is 196 g/mol. The summed E-state index contributed by atoms with van der Waals surface area (Å²) >= 11 is 0. The molecule has 1 nitrogen and oxygen atoms in total. The highest BCUT2D eigenvalue weighted by molar-refractivity contribution is 5.29. The first-order valence-electron chi connectivity index (χ1n) is 6.77. The second kappa shape index (κ2) is 2.93. The lowest BCUT2D eigenvalue weighted by Gasteiger charge is -2.45. The predicted octanol–water partition coefficient (Wildman–Crippen LogP) is 3.53. The van der Waals surface area contributed by atoms with Crippen LogP contribution in [0.25, 0.3) is 0 Å². The van der Waals surface area contributed by atoms with Crippen LogP contribution in [0.2, 0.25) is 0 Å². The van der Waals surface area contributed by atoms with Crippen molar-refractivity contribution in [3.05, 3.63) is 11.6 Å². The van der Waals surface area contributed by atoms with Crippen LogP contribution < -0.4 is 0 Å². The van der Waals surface area contributed by atoms with Gasteiger partial charge in [-0.2, -0.15) is 0 Å². The quantitative estimate of drug-likeness (QED) is 0.670. The van der Waals surface area contributed by atoms with E-state index in [1.807, 2.05) is 0 Å². The maximum atomic E-state index is 9.55. The summed E-state index contributed by atoms with van der Waals surface area (Å²) in [5, 5.41) is 9.55. The van der Waals surface area contributed by atoms with Gasteiger partial charge in [0.2, 0.25) is 0 Å². The van der Waals surface area contributed by atoms with Crippen molar-refractivity contribution in [2.75, 3.05) is 6.61 Å². The van der Waals surface area contributed by atoms with Gasteiger partial charge in [-0.05, 0) is 53.4 Å². The second-order valence-electron chi connectivity index (χ2n) is 7.06. The van der Waals surface area contributed by atoms with Crippen molar-refractivity contribution in [1.82, 2.24) is 0 Å². The van der Waals surface area contributed by atoms with Gasteiger partial charge in [0, 0.05) is 0 Å². The van der Waals surface area contributed by atoms with Gasteiger partial charge in [-0.3, -0.25) is 0 Å². The predicted molar refractivity (Wildman–Crippen MR) is 66.1 cm³/mol. The molecule has 0 aromatic carbocycles. The number of rotatable bonds is 1. The first kappa shape index (κ1) is 10.8. The fourth-order valence-corrected chi connectivity index (χ4v) is 5.34. The summed E-state index contributed by atoms with van der Waals surface area (Å²) in [7, 11) is 0. The SMILES string of the molecule is C[C@]12CC=C(CO)[C@H](C1)[C@]1(C)CCC[C@]21C. The number of aliphatic hydroxyl groups excluding tert-OH is 1. The van der Waals surface area contributed by atoms with Crippen LogP contribution in [0.15, 0.2) is 11.6 Å². The average Bonchev–Trinajstić information content (AvgIpc) is 2.63. The van der Waals surface area contributed by atoms with Crippen molar-refractivity contribution in [2.24, 2.45) is 22.2 Å². The molecule has 90 valence electrons. The first-order valence-corrected chi connectivity index (χ1v) is 6.77. The van der Waals surface area contributed by atoms with Gasteiger partial charge in [0.1, 0.15) is 0 Å². The van der Waals surface area contributed by atoms with Crippen molar-refractivity contribution < 1.29 is 5.11 Å². The summed E-state index contributed by atoms with van der Waals surface area (Å²) < 4.78 is 0. The van der Waals surface area contributed by atoms with Crippen molar-refractivity contribution in [2.45, 2.75) is 52.9 Å². The van der Waals surface area contributed by atoms with Crippen LogP contribution in [0, 0.1) is 22.2 Å². The third-order valence-electron chi connectivity index (χ3n) is 6.83. The highest BCUT2D eigenvalue weighted by Crippen LogP contribution is 2.75. The molecule has 0 amide bonds. The van der Waals surface area contributed by atoms with E-state index < -0.39 is 0 Å². The van der Waals surface area contributed by atoms with Gasteiger partial charge in [-0.25, -0.2) is 0 Å². The molecule has 16 heavy (non-hydrogen) atoms. The summed E-state index contributed by atoms with van der Waals surface area (Å²) in [5.41, 5.74) is 2.78. The van der Waals surface area contributed by atoms with Crippen molar-refractivity contribution in [1.29, 1.82) is 0 Å². The fraction of sp³-hybridized carbons (Fsp3) is 0.867. The van der Waals surface area contributed by atoms with Crippen LogP contribution >= 0.6 is 0 Å². The van der Waals surface area contributed by atoms with Crippen LogP contribution in [0.5, 0.6) is 0 Å². The smallest absolute Gasteiger partial charge is 0.0644 e. The number of hydrogen-bond acceptors (Lipinski definition) is 1. The summed E-state index contributed by atoms with van der Waals surface area (Å²) in [4.78, 5) is 0.